The highest BCUT2D eigenvalue weighted by Gasteiger charge is 2.53. The van der Waals surface area contributed by atoms with E-state index in [-0.39, 0.29) is 6.61 Å². The van der Waals surface area contributed by atoms with Gasteiger partial charge in [0, 0.05) is 11.6 Å². The van der Waals surface area contributed by atoms with Gasteiger partial charge < -0.3 is 24.6 Å². The maximum absolute atomic E-state index is 10.6. The summed E-state index contributed by atoms with van der Waals surface area (Å²) in [6, 6.07) is 0. The monoisotopic (exact) mass is 307 g/mol. The molecule has 4 atom stereocenters. The number of aryl methyl sites for hydroxylation is 3. The molecule has 0 aromatic carbocycles. The third-order valence-electron chi connectivity index (χ3n) is 4.34. The molecule has 0 saturated carbocycles. The Kier molecular flexibility index (Phi) is 3.48. The zero-order valence-electron chi connectivity index (χ0n) is 13.1. The molecule has 1 aliphatic rings. The van der Waals surface area contributed by atoms with Gasteiger partial charge in [-0.3, -0.25) is 0 Å². The molecule has 0 spiro atoms. The van der Waals surface area contributed by atoms with Crippen molar-refractivity contribution < 1.29 is 20.1 Å². The minimum atomic E-state index is -1.53. The van der Waals surface area contributed by atoms with Crippen molar-refractivity contribution in [2.75, 3.05) is 6.61 Å². The van der Waals surface area contributed by atoms with E-state index in [4.69, 9.17) is 4.74 Å². The average Bonchev–Trinajstić information content (AvgIpc) is 2.86. The van der Waals surface area contributed by atoms with Crippen molar-refractivity contribution in [3.05, 3.63) is 23.3 Å². The number of aromatic nitrogens is 3. The van der Waals surface area contributed by atoms with Gasteiger partial charge in [-0.2, -0.15) is 0 Å². The van der Waals surface area contributed by atoms with E-state index < -0.39 is 24.0 Å². The fourth-order valence-electron chi connectivity index (χ4n) is 3.25. The van der Waals surface area contributed by atoms with Gasteiger partial charge >= 0.3 is 0 Å². The summed E-state index contributed by atoms with van der Waals surface area (Å²) >= 11 is 0. The molecule has 3 heterocycles. The van der Waals surface area contributed by atoms with Gasteiger partial charge in [-0.05, 0) is 33.3 Å². The topological polar surface area (TPSA) is 101 Å². The molecule has 1 aliphatic heterocycles. The maximum Gasteiger partial charge on any atom is 0.167 e. The van der Waals surface area contributed by atoms with E-state index in [1.54, 1.807) is 11.5 Å². The lowest BCUT2D eigenvalue weighted by molar-refractivity contribution is -0.0948. The van der Waals surface area contributed by atoms with Gasteiger partial charge in [0.15, 0.2) is 6.23 Å². The first kappa shape index (κ1) is 15.4. The van der Waals surface area contributed by atoms with Gasteiger partial charge in [-0.15, -0.1) is 0 Å². The molecular formula is C15H21N3O4. The fraction of sp³-hybridized carbons (Fsp3) is 0.600. The highest BCUT2D eigenvalue weighted by molar-refractivity contribution is 5.82. The zero-order valence-corrected chi connectivity index (χ0v) is 13.1. The smallest absolute Gasteiger partial charge is 0.167 e. The van der Waals surface area contributed by atoms with Crippen molar-refractivity contribution in [3.8, 4) is 0 Å². The third-order valence-corrected chi connectivity index (χ3v) is 4.34. The summed E-state index contributed by atoms with van der Waals surface area (Å²) in [7, 11) is 0. The molecule has 3 N–H and O–H groups in total. The number of ether oxygens (including phenoxy) is 1. The van der Waals surface area contributed by atoms with Crippen LogP contribution in [-0.4, -0.2) is 54.3 Å². The highest BCUT2D eigenvalue weighted by Crippen LogP contribution is 2.40. The highest BCUT2D eigenvalue weighted by atomic mass is 16.6. The molecule has 7 nitrogen and oxygen atoms in total. The van der Waals surface area contributed by atoms with E-state index in [9.17, 15) is 15.3 Å². The molecular weight excluding hydrogens is 286 g/mol. The Balaban J connectivity index is 2.19. The lowest BCUT2D eigenvalue weighted by atomic mass is 9.96. The Morgan fingerprint density at radius 1 is 1.32 bits per heavy atom. The summed E-state index contributed by atoms with van der Waals surface area (Å²) in [6.45, 7) is 6.79. The Labute approximate surface area is 128 Å². The molecule has 0 radical (unpaired) electrons. The van der Waals surface area contributed by atoms with Crippen LogP contribution in [-0.2, 0) is 4.74 Å². The molecule has 0 bridgehead atoms. The summed E-state index contributed by atoms with van der Waals surface area (Å²) < 4.78 is 7.39. The second-order valence-corrected chi connectivity index (χ2v) is 6.15. The SMILES string of the molecule is Cc1nc(C)c2c(C)cn([C@@H]3O[C@H](CO)[C@@H](O)[C@@]3(C)O)c2n1. The second-order valence-electron chi connectivity index (χ2n) is 6.15. The quantitative estimate of drug-likeness (QED) is 0.740. The number of fused-ring (bicyclic) bond motifs is 1. The van der Waals surface area contributed by atoms with Crippen LogP contribution in [0.3, 0.4) is 0 Å². The summed E-state index contributed by atoms with van der Waals surface area (Å²) in [5.41, 5.74) is 0.946. The first-order valence-corrected chi connectivity index (χ1v) is 7.26. The van der Waals surface area contributed by atoms with Crippen molar-refractivity contribution in [2.24, 2.45) is 0 Å². The lowest BCUT2D eigenvalue weighted by Crippen LogP contribution is -2.44. The van der Waals surface area contributed by atoms with Crippen LogP contribution in [0.5, 0.6) is 0 Å². The van der Waals surface area contributed by atoms with Crippen LogP contribution < -0.4 is 0 Å². The Morgan fingerprint density at radius 3 is 2.59 bits per heavy atom. The molecule has 1 saturated heterocycles. The fourth-order valence-corrected chi connectivity index (χ4v) is 3.25. The van der Waals surface area contributed by atoms with Crippen LogP contribution in [0.1, 0.15) is 30.2 Å². The molecule has 2 aromatic heterocycles. The van der Waals surface area contributed by atoms with Crippen molar-refractivity contribution in [1.29, 1.82) is 0 Å². The molecule has 120 valence electrons. The largest absolute Gasteiger partial charge is 0.394 e. The summed E-state index contributed by atoms with van der Waals surface area (Å²) in [5.74, 6) is 0.626. The zero-order chi connectivity index (χ0) is 16.2. The number of nitrogens with zero attached hydrogens (tertiary/aromatic N) is 3. The van der Waals surface area contributed by atoms with E-state index in [0.29, 0.717) is 11.5 Å². The first-order valence-electron chi connectivity index (χ1n) is 7.26. The van der Waals surface area contributed by atoms with Crippen LogP contribution in [0.25, 0.3) is 11.0 Å². The van der Waals surface area contributed by atoms with Crippen LogP contribution >= 0.6 is 0 Å². The van der Waals surface area contributed by atoms with Gasteiger partial charge in [0.25, 0.3) is 0 Å². The van der Waals surface area contributed by atoms with Crippen LogP contribution in [0.2, 0.25) is 0 Å². The molecule has 0 aliphatic carbocycles. The number of rotatable bonds is 2. The van der Waals surface area contributed by atoms with Crippen LogP contribution in [0, 0.1) is 20.8 Å². The van der Waals surface area contributed by atoms with E-state index >= 15 is 0 Å². The predicted octanol–water partition coefficient (Wildman–Crippen LogP) is 0.358. The third kappa shape index (κ3) is 2.04. The maximum atomic E-state index is 10.6. The molecule has 0 unspecified atom stereocenters. The second kappa shape index (κ2) is 4.99. The minimum absolute atomic E-state index is 0.362. The Hall–Kier alpha value is -1.54. The van der Waals surface area contributed by atoms with E-state index in [0.717, 1.165) is 16.6 Å². The molecule has 0 amide bonds. The molecule has 1 fully saturated rings. The Bertz CT molecular complexity index is 725. The van der Waals surface area contributed by atoms with E-state index in [1.165, 1.54) is 6.92 Å². The van der Waals surface area contributed by atoms with Crippen LogP contribution in [0.4, 0.5) is 0 Å². The standard InChI is InChI=1S/C15H21N3O4/c1-7-5-18(13-11(7)8(2)16-9(3)17-13)14-15(4,21)12(20)10(6-19)22-14/h5,10,12,14,19-21H,6H2,1-4H3/t10-,12-,14-,15-/m1/s1. The van der Waals surface area contributed by atoms with E-state index in [1.807, 2.05) is 20.0 Å². The van der Waals surface area contributed by atoms with E-state index in [2.05, 4.69) is 9.97 Å². The normalized spacial score (nSPS) is 32.0. The van der Waals surface area contributed by atoms with Crippen molar-refractivity contribution in [2.45, 2.75) is 51.7 Å². The lowest BCUT2D eigenvalue weighted by Gasteiger charge is -2.27. The van der Waals surface area contributed by atoms with Crippen molar-refractivity contribution >= 4 is 11.0 Å². The summed E-state index contributed by atoms with van der Waals surface area (Å²) in [5, 5.41) is 31.0. The minimum Gasteiger partial charge on any atom is -0.394 e. The van der Waals surface area contributed by atoms with Crippen LogP contribution in [0.15, 0.2) is 6.20 Å². The van der Waals surface area contributed by atoms with Crippen molar-refractivity contribution in [1.82, 2.24) is 14.5 Å². The Morgan fingerprint density at radius 2 is 2.00 bits per heavy atom. The first-order chi connectivity index (χ1) is 10.3. The molecule has 2 aromatic rings. The number of aliphatic hydroxyl groups is 3. The van der Waals surface area contributed by atoms with Gasteiger partial charge in [0.05, 0.1) is 12.3 Å². The molecule has 7 heteroatoms. The summed E-state index contributed by atoms with van der Waals surface area (Å²) in [6.07, 6.45) is -1.01. The van der Waals surface area contributed by atoms with Gasteiger partial charge in [0.2, 0.25) is 0 Å². The van der Waals surface area contributed by atoms with Gasteiger partial charge in [-0.1, -0.05) is 0 Å². The molecule has 22 heavy (non-hydrogen) atoms. The van der Waals surface area contributed by atoms with Gasteiger partial charge in [-0.25, -0.2) is 9.97 Å². The summed E-state index contributed by atoms with van der Waals surface area (Å²) in [4.78, 5) is 8.83. The average molecular weight is 307 g/mol. The van der Waals surface area contributed by atoms with Gasteiger partial charge in [0.1, 0.15) is 29.3 Å². The number of hydrogen-bond donors (Lipinski definition) is 3. The van der Waals surface area contributed by atoms with Crippen molar-refractivity contribution in [3.63, 3.8) is 0 Å². The number of hydrogen-bond acceptors (Lipinski definition) is 6. The molecule has 3 rings (SSSR count). The predicted molar refractivity (Wildman–Crippen MR) is 79.4 cm³/mol. The number of aliphatic hydroxyl groups excluding tert-OH is 2.